The Morgan fingerprint density at radius 1 is 0.857 bits per heavy atom. The topological polar surface area (TPSA) is 63.6 Å². The van der Waals surface area contributed by atoms with Crippen molar-refractivity contribution in [3.63, 3.8) is 0 Å². The molecule has 4 heteroatoms. The van der Waals surface area contributed by atoms with E-state index in [2.05, 4.69) is 0 Å². The van der Waals surface area contributed by atoms with Gasteiger partial charge in [-0.25, -0.2) is 0 Å². The second kappa shape index (κ2) is 9.19. The third-order valence-electron chi connectivity index (χ3n) is 4.21. The highest BCUT2D eigenvalue weighted by Gasteiger charge is 2.26. The molecule has 0 aromatic rings. The lowest BCUT2D eigenvalue weighted by atomic mass is 9.84. The Hall–Kier alpha value is -0.900. The van der Waals surface area contributed by atoms with E-state index in [-0.39, 0.29) is 11.2 Å². The lowest BCUT2D eigenvalue weighted by molar-refractivity contribution is -0.147. The molecule has 0 aliphatic heterocycles. The largest absolute Gasteiger partial charge is 0.481 e. The molecular weight excluding hydrogens is 268 g/mol. The second-order valence-electron chi connectivity index (χ2n) is 7.16. The molecule has 0 fully saturated rings. The van der Waals surface area contributed by atoms with E-state index >= 15 is 0 Å². The molecule has 0 saturated heterocycles. The average Bonchev–Trinajstić information content (AvgIpc) is 2.36. The number of ether oxygens (including phenoxy) is 1. The van der Waals surface area contributed by atoms with Gasteiger partial charge in [0.05, 0.1) is 5.41 Å². The Morgan fingerprint density at radius 3 is 1.67 bits per heavy atom. The maximum atomic E-state index is 11.4. The monoisotopic (exact) mass is 300 g/mol. The molecule has 0 spiro atoms. The molecule has 0 aromatic carbocycles. The van der Waals surface area contributed by atoms with Gasteiger partial charge in [-0.3, -0.25) is 9.59 Å². The molecule has 0 heterocycles. The summed E-state index contributed by atoms with van der Waals surface area (Å²) in [5.74, 6) is -0.499. The van der Waals surface area contributed by atoms with E-state index in [9.17, 15) is 9.59 Å². The van der Waals surface area contributed by atoms with Crippen LogP contribution in [0.25, 0.3) is 0 Å². The summed E-state index contributed by atoms with van der Waals surface area (Å²) in [5, 5.41) is 8.99. The minimum absolute atomic E-state index is 0.220. The lowest BCUT2D eigenvalue weighted by Crippen LogP contribution is -2.23. The van der Waals surface area contributed by atoms with Gasteiger partial charge >= 0.3 is 5.97 Å². The number of carbonyl (C=O) groups excluding carboxylic acids is 1. The molecule has 0 atom stereocenters. The van der Waals surface area contributed by atoms with Gasteiger partial charge in [0.15, 0.2) is 0 Å². The third kappa shape index (κ3) is 8.86. The van der Waals surface area contributed by atoms with Crippen molar-refractivity contribution in [2.75, 3.05) is 13.2 Å². The fourth-order valence-electron chi connectivity index (χ4n) is 1.93. The molecule has 1 N–H and O–H groups in total. The highest BCUT2D eigenvalue weighted by Crippen LogP contribution is 2.24. The molecular formula is C17H32O4. The fraction of sp³-hybridized carbons (Fsp3) is 0.882. The summed E-state index contributed by atoms with van der Waals surface area (Å²) in [6.07, 6.45) is 5.32. The highest BCUT2D eigenvalue weighted by molar-refractivity contribution is 5.81. The van der Waals surface area contributed by atoms with E-state index in [1.54, 1.807) is 20.8 Å². The van der Waals surface area contributed by atoms with Crippen LogP contribution in [0.1, 0.15) is 73.1 Å². The van der Waals surface area contributed by atoms with Crippen molar-refractivity contribution in [1.82, 2.24) is 0 Å². The molecule has 0 aliphatic carbocycles. The smallest absolute Gasteiger partial charge is 0.309 e. The zero-order valence-electron chi connectivity index (χ0n) is 14.3. The van der Waals surface area contributed by atoms with E-state index in [1.807, 2.05) is 13.8 Å². The van der Waals surface area contributed by atoms with E-state index in [1.165, 1.54) is 0 Å². The number of rotatable bonds is 12. The van der Waals surface area contributed by atoms with E-state index < -0.39 is 11.4 Å². The Kier molecular flexibility index (Phi) is 8.79. The lowest BCUT2D eigenvalue weighted by Gasteiger charge is -2.20. The van der Waals surface area contributed by atoms with Crippen LogP contribution in [0.2, 0.25) is 0 Å². The van der Waals surface area contributed by atoms with Crippen LogP contribution in [-0.4, -0.2) is 30.1 Å². The number of unbranched alkanes of at least 4 members (excludes halogenated alkanes) is 2. The Morgan fingerprint density at radius 2 is 1.29 bits per heavy atom. The van der Waals surface area contributed by atoms with Crippen molar-refractivity contribution >= 4 is 11.8 Å². The summed E-state index contributed by atoms with van der Waals surface area (Å²) in [7, 11) is 0. The Bertz CT molecular complexity index is 300. The van der Waals surface area contributed by atoms with Crippen LogP contribution in [0.4, 0.5) is 0 Å². The Balaban J connectivity index is 3.50. The first-order valence-corrected chi connectivity index (χ1v) is 7.92. The Labute approximate surface area is 129 Å². The molecule has 21 heavy (non-hydrogen) atoms. The first-order valence-electron chi connectivity index (χ1n) is 7.92. The number of Topliss-reactive ketones (excluding diaryl/α,β-unsaturated/α-hetero) is 1. The van der Waals surface area contributed by atoms with Gasteiger partial charge in [-0.2, -0.15) is 0 Å². The van der Waals surface area contributed by atoms with Crippen molar-refractivity contribution in [1.29, 1.82) is 0 Å². The van der Waals surface area contributed by atoms with Crippen LogP contribution in [0.3, 0.4) is 0 Å². The van der Waals surface area contributed by atoms with E-state index in [0.717, 1.165) is 38.7 Å². The minimum Gasteiger partial charge on any atom is -0.481 e. The molecule has 0 saturated carbocycles. The quantitative estimate of drug-likeness (QED) is 0.552. The number of ketones is 1. The molecule has 0 bridgehead atoms. The number of aliphatic carboxylic acids is 1. The number of carbonyl (C=O) groups is 2. The van der Waals surface area contributed by atoms with Crippen LogP contribution in [0.5, 0.6) is 0 Å². The summed E-state index contributed by atoms with van der Waals surface area (Å²) >= 11 is 0. The van der Waals surface area contributed by atoms with E-state index in [0.29, 0.717) is 13.0 Å². The maximum Gasteiger partial charge on any atom is 0.309 e. The number of hydrogen-bond acceptors (Lipinski definition) is 3. The van der Waals surface area contributed by atoms with Gasteiger partial charge in [-0.1, -0.05) is 26.7 Å². The molecule has 4 nitrogen and oxygen atoms in total. The molecule has 124 valence electrons. The summed E-state index contributed by atoms with van der Waals surface area (Å²) in [5.41, 5.74) is -0.860. The average molecular weight is 300 g/mol. The number of hydrogen-bond donors (Lipinski definition) is 1. The molecule has 0 amide bonds. The van der Waals surface area contributed by atoms with Crippen molar-refractivity contribution < 1.29 is 19.4 Å². The standard InChI is InChI=1S/C17H32O4/c1-14(18)16(2,3)10-6-8-12-21-13-9-7-11-17(4,5)15(19)20/h6-13H2,1-5H3,(H,19,20). The van der Waals surface area contributed by atoms with Crippen LogP contribution >= 0.6 is 0 Å². The first-order chi connectivity index (χ1) is 9.59. The van der Waals surface area contributed by atoms with Crippen molar-refractivity contribution in [2.24, 2.45) is 10.8 Å². The predicted molar refractivity (Wildman–Crippen MR) is 84.4 cm³/mol. The molecule has 0 rings (SSSR count). The molecule has 0 aromatic heterocycles. The van der Waals surface area contributed by atoms with Crippen molar-refractivity contribution in [3.05, 3.63) is 0 Å². The van der Waals surface area contributed by atoms with Gasteiger partial charge in [-0.15, -0.1) is 0 Å². The molecule has 0 aliphatic rings. The molecule has 0 radical (unpaired) electrons. The summed E-state index contributed by atoms with van der Waals surface area (Å²) in [6.45, 7) is 10.5. The van der Waals surface area contributed by atoms with Crippen molar-refractivity contribution in [2.45, 2.75) is 73.1 Å². The van der Waals surface area contributed by atoms with Crippen LogP contribution < -0.4 is 0 Å². The van der Waals surface area contributed by atoms with E-state index in [4.69, 9.17) is 9.84 Å². The SMILES string of the molecule is CC(=O)C(C)(C)CCCCOCCCCC(C)(C)C(=O)O. The van der Waals surface area contributed by atoms with Gasteiger partial charge in [0.1, 0.15) is 5.78 Å². The summed E-state index contributed by atoms with van der Waals surface area (Å²) in [6, 6.07) is 0. The summed E-state index contributed by atoms with van der Waals surface area (Å²) < 4.78 is 5.55. The third-order valence-corrected chi connectivity index (χ3v) is 4.21. The summed E-state index contributed by atoms with van der Waals surface area (Å²) in [4.78, 5) is 22.3. The van der Waals surface area contributed by atoms with Gasteiger partial charge in [0.25, 0.3) is 0 Å². The minimum atomic E-state index is -0.739. The normalized spacial score (nSPS) is 12.4. The number of carboxylic acids is 1. The van der Waals surface area contributed by atoms with Crippen molar-refractivity contribution in [3.8, 4) is 0 Å². The molecule has 0 unspecified atom stereocenters. The zero-order valence-corrected chi connectivity index (χ0v) is 14.3. The second-order valence-corrected chi connectivity index (χ2v) is 7.16. The highest BCUT2D eigenvalue weighted by atomic mass is 16.5. The fourth-order valence-corrected chi connectivity index (χ4v) is 1.93. The zero-order chi connectivity index (χ0) is 16.5. The van der Waals surface area contributed by atoms with Gasteiger partial charge in [-0.05, 0) is 46.5 Å². The maximum absolute atomic E-state index is 11.4. The van der Waals surface area contributed by atoms with Gasteiger partial charge in [0.2, 0.25) is 0 Å². The van der Waals surface area contributed by atoms with Gasteiger partial charge in [0, 0.05) is 18.6 Å². The van der Waals surface area contributed by atoms with Gasteiger partial charge < -0.3 is 9.84 Å². The van der Waals surface area contributed by atoms with Crippen LogP contribution in [-0.2, 0) is 14.3 Å². The van der Waals surface area contributed by atoms with Crippen LogP contribution in [0, 0.1) is 10.8 Å². The van der Waals surface area contributed by atoms with Crippen LogP contribution in [0.15, 0.2) is 0 Å². The predicted octanol–water partition coefficient (Wildman–Crippen LogP) is 4.07. The first kappa shape index (κ1) is 20.1. The number of carboxylic acid groups (broad SMARTS) is 1.